The van der Waals surface area contributed by atoms with Crippen LogP contribution in [-0.4, -0.2) is 10.1 Å². The fourth-order valence-corrected chi connectivity index (χ4v) is 3.09. The minimum atomic E-state index is 0.0865. The maximum absolute atomic E-state index is 8.95. The highest BCUT2D eigenvalue weighted by atomic mass is 32.1. The molecular weight excluding hydrogens is 194 g/mol. The standard InChI is InChI=1S/C11H17NOS/c13-7-10-8-14-11(12-10)9-5-3-1-2-4-6-9/h8-9,13H,1-7H2. The molecule has 2 rings (SSSR count). The van der Waals surface area contributed by atoms with Gasteiger partial charge in [0.05, 0.1) is 17.3 Å². The van der Waals surface area contributed by atoms with E-state index < -0.39 is 0 Å². The van der Waals surface area contributed by atoms with E-state index in [1.165, 1.54) is 43.5 Å². The van der Waals surface area contributed by atoms with Crippen molar-refractivity contribution in [3.63, 3.8) is 0 Å². The molecule has 0 atom stereocenters. The van der Waals surface area contributed by atoms with E-state index in [-0.39, 0.29) is 6.61 Å². The lowest BCUT2D eigenvalue weighted by Gasteiger charge is -2.09. The first kappa shape index (κ1) is 10.1. The van der Waals surface area contributed by atoms with Gasteiger partial charge >= 0.3 is 0 Å². The fraction of sp³-hybridized carbons (Fsp3) is 0.727. The number of aliphatic hydroxyl groups excluding tert-OH is 1. The first-order valence-electron chi connectivity index (χ1n) is 5.45. The van der Waals surface area contributed by atoms with E-state index in [1.807, 2.05) is 5.38 Å². The molecule has 1 aromatic rings. The first-order valence-corrected chi connectivity index (χ1v) is 6.33. The number of hydrogen-bond acceptors (Lipinski definition) is 3. The van der Waals surface area contributed by atoms with E-state index in [0.717, 1.165) is 5.69 Å². The summed E-state index contributed by atoms with van der Waals surface area (Å²) < 4.78 is 0. The Morgan fingerprint density at radius 2 is 2.00 bits per heavy atom. The normalized spacial score (nSPS) is 19.5. The molecule has 0 unspecified atom stereocenters. The number of thiazole rings is 1. The van der Waals surface area contributed by atoms with Gasteiger partial charge in [-0.2, -0.15) is 0 Å². The minimum Gasteiger partial charge on any atom is -0.390 e. The van der Waals surface area contributed by atoms with Crippen LogP contribution in [0, 0.1) is 0 Å². The lowest BCUT2D eigenvalue weighted by atomic mass is 10.0. The first-order chi connectivity index (χ1) is 6.90. The number of hydrogen-bond donors (Lipinski definition) is 1. The van der Waals surface area contributed by atoms with Gasteiger partial charge in [-0.15, -0.1) is 11.3 Å². The summed E-state index contributed by atoms with van der Waals surface area (Å²) in [5.41, 5.74) is 0.842. The van der Waals surface area contributed by atoms with Crippen LogP contribution in [0.1, 0.15) is 55.1 Å². The van der Waals surface area contributed by atoms with Crippen molar-refractivity contribution in [3.05, 3.63) is 16.1 Å². The van der Waals surface area contributed by atoms with Gasteiger partial charge in [0, 0.05) is 11.3 Å². The fourth-order valence-electron chi connectivity index (χ4n) is 2.11. The Morgan fingerprint density at radius 1 is 1.29 bits per heavy atom. The highest BCUT2D eigenvalue weighted by Gasteiger charge is 2.17. The van der Waals surface area contributed by atoms with Gasteiger partial charge in [0.15, 0.2) is 0 Å². The van der Waals surface area contributed by atoms with Crippen LogP contribution in [0.25, 0.3) is 0 Å². The van der Waals surface area contributed by atoms with E-state index in [4.69, 9.17) is 5.11 Å². The summed E-state index contributed by atoms with van der Waals surface area (Å²) in [7, 11) is 0. The van der Waals surface area contributed by atoms with Crippen LogP contribution in [0.5, 0.6) is 0 Å². The molecule has 3 heteroatoms. The van der Waals surface area contributed by atoms with E-state index in [1.54, 1.807) is 11.3 Å². The van der Waals surface area contributed by atoms with Gasteiger partial charge in [0.1, 0.15) is 0 Å². The molecule has 1 aromatic heterocycles. The predicted octanol–water partition coefficient (Wildman–Crippen LogP) is 3.07. The van der Waals surface area contributed by atoms with Crippen molar-refractivity contribution in [1.82, 2.24) is 4.98 Å². The van der Waals surface area contributed by atoms with Crippen molar-refractivity contribution in [2.24, 2.45) is 0 Å². The molecule has 1 fully saturated rings. The molecule has 78 valence electrons. The molecule has 0 aromatic carbocycles. The summed E-state index contributed by atoms with van der Waals surface area (Å²) in [5, 5.41) is 12.2. The Hall–Kier alpha value is -0.410. The van der Waals surface area contributed by atoms with Crippen LogP contribution >= 0.6 is 11.3 Å². The average Bonchev–Trinajstić information content (AvgIpc) is 2.53. The average molecular weight is 211 g/mol. The van der Waals surface area contributed by atoms with Gasteiger partial charge < -0.3 is 5.11 Å². The Morgan fingerprint density at radius 3 is 2.57 bits per heavy atom. The van der Waals surface area contributed by atoms with Crippen LogP contribution in [0.3, 0.4) is 0 Å². The third-order valence-electron chi connectivity index (χ3n) is 2.94. The maximum Gasteiger partial charge on any atom is 0.0960 e. The van der Waals surface area contributed by atoms with Crippen LogP contribution in [0.2, 0.25) is 0 Å². The number of nitrogens with zero attached hydrogens (tertiary/aromatic N) is 1. The molecule has 14 heavy (non-hydrogen) atoms. The Kier molecular flexibility index (Phi) is 3.54. The van der Waals surface area contributed by atoms with Gasteiger partial charge in [-0.3, -0.25) is 0 Å². The van der Waals surface area contributed by atoms with Gasteiger partial charge in [-0.1, -0.05) is 25.7 Å². The smallest absolute Gasteiger partial charge is 0.0960 e. The highest BCUT2D eigenvalue weighted by molar-refractivity contribution is 7.09. The van der Waals surface area contributed by atoms with Crippen LogP contribution in [-0.2, 0) is 6.61 Å². The quantitative estimate of drug-likeness (QED) is 0.763. The van der Waals surface area contributed by atoms with Crippen molar-refractivity contribution in [1.29, 1.82) is 0 Å². The van der Waals surface area contributed by atoms with Crippen molar-refractivity contribution in [2.75, 3.05) is 0 Å². The summed E-state index contributed by atoms with van der Waals surface area (Å²) in [6.07, 6.45) is 8.04. The zero-order valence-corrected chi connectivity index (χ0v) is 9.22. The molecule has 1 saturated carbocycles. The Labute approximate surface area is 89.0 Å². The highest BCUT2D eigenvalue weighted by Crippen LogP contribution is 2.33. The SMILES string of the molecule is OCc1csc(C2CCCCCC2)n1. The molecule has 2 nitrogen and oxygen atoms in total. The molecule has 0 aliphatic heterocycles. The third-order valence-corrected chi connectivity index (χ3v) is 3.99. The van der Waals surface area contributed by atoms with Crippen LogP contribution in [0.4, 0.5) is 0 Å². The zero-order valence-electron chi connectivity index (χ0n) is 8.41. The molecule has 0 radical (unpaired) electrons. The Bertz CT molecular complexity index is 277. The lowest BCUT2D eigenvalue weighted by Crippen LogP contribution is -1.97. The number of aromatic nitrogens is 1. The predicted molar refractivity (Wildman–Crippen MR) is 58.5 cm³/mol. The Balaban J connectivity index is 2.04. The second-order valence-electron chi connectivity index (χ2n) is 4.02. The molecule has 0 saturated heterocycles. The summed E-state index contributed by atoms with van der Waals surface area (Å²) in [5.74, 6) is 0.669. The van der Waals surface area contributed by atoms with Gasteiger partial charge in [-0.25, -0.2) is 4.98 Å². The van der Waals surface area contributed by atoms with E-state index in [0.29, 0.717) is 5.92 Å². The second-order valence-corrected chi connectivity index (χ2v) is 4.91. The molecule has 0 bridgehead atoms. The van der Waals surface area contributed by atoms with E-state index >= 15 is 0 Å². The van der Waals surface area contributed by atoms with Crippen molar-refractivity contribution >= 4 is 11.3 Å². The number of rotatable bonds is 2. The van der Waals surface area contributed by atoms with Gasteiger partial charge in [0.25, 0.3) is 0 Å². The summed E-state index contributed by atoms with van der Waals surface area (Å²) in [6.45, 7) is 0.0865. The molecular formula is C11H17NOS. The summed E-state index contributed by atoms with van der Waals surface area (Å²) in [6, 6.07) is 0. The van der Waals surface area contributed by atoms with Gasteiger partial charge in [0.2, 0.25) is 0 Å². The van der Waals surface area contributed by atoms with E-state index in [9.17, 15) is 0 Å². The second kappa shape index (κ2) is 4.89. The molecule has 0 spiro atoms. The van der Waals surface area contributed by atoms with Crippen molar-refractivity contribution in [2.45, 2.75) is 51.0 Å². The zero-order chi connectivity index (χ0) is 9.80. The summed E-state index contributed by atoms with van der Waals surface area (Å²) in [4.78, 5) is 4.46. The molecule has 1 aliphatic carbocycles. The summed E-state index contributed by atoms with van der Waals surface area (Å²) >= 11 is 1.72. The van der Waals surface area contributed by atoms with Crippen molar-refractivity contribution in [3.8, 4) is 0 Å². The lowest BCUT2D eigenvalue weighted by molar-refractivity contribution is 0.277. The third kappa shape index (κ3) is 2.34. The topological polar surface area (TPSA) is 33.1 Å². The number of aliphatic hydroxyl groups is 1. The largest absolute Gasteiger partial charge is 0.390 e. The van der Waals surface area contributed by atoms with Crippen LogP contribution < -0.4 is 0 Å². The van der Waals surface area contributed by atoms with Crippen LogP contribution in [0.15, 0.2) is 5.38 Å². The monoisotopic (exact) mass is 211 g/mol. The van der Waals surface area contributed by atoms with E-state index in [2.05, 4.69) is 4.98 Å². The maximum atomic E-state index is 8.95. The molecule has 0 amide bonds. The molecule has 1 aliphatic rings. The van der Waals surface area contributed by atoms with Gasteiger partial charge in [-0.05, 0) is 12.8 Å². The molecule has 1 N–H and O–H groups in total. The van der Waals surface area contributed by atoms with Crippen molar-refractivity contribution < 1.29 is 5.11 Å². The minimum absolute atomic E-state index is 0.0865. The molecule has 1 heterocycles.